The van der Waals surface area contributed by atoms with E-state index in [1.807, 2.05) is 0 Å². The molecule has 0 aromatic heterocycles. The number of hydrogen-bond acceptors (Lipinski definition) is 18. The molecule has 0 aromatic carbocycles. The van der Waals surface area contributed by atoms with Crippen LogP contribution in [-0.4, -0.2) is 181 Å². The molecule has 8 aliphatic rings. The molecule has 4 saturated carbocycles. The van der Waals surface area contributed by atoms with Crippen LogP contribution in [0.2, 0.25) is 0 Å². The monoisotopic (exact) mass is 929 g/mol. The van der Waals surface area contributed by atoms with Crippen molar-refractivity contribution in [3.05, 3.63) is 11.6 Å². The van der Waals surface area contributed by atoms with Gasteiger partial charge in [0.15, 0.2) is 12.6 Å². The summed E-state index contributed by atoms with van der Waals surface area (Å²) in [7, 11) is 0. The number of aliphatic hydroxyl groups is 11. The minimum absolute atomic E-state index is 0.0557. The number of ether oxygens (including phenoxy) is 6. The van der Waals surface area contributed by atoms with E-state index in [1.165, 1.54) is 5.57 Å². The summed E-state index contributed by atoms with van der Waals surface area (Å²) in [6, 6.07) is 0. The molecule has 0 radical (unpaired) electrons. The molecule has 372 valence electrons. The van der Waals surface area contributed by atoms with Gasteiger partial charge in [0.1, 0.15) is 67.1 Å². The van der Waals surface area contributed by atoms with E-state index in [2.05, 4.69) is 47.6 Å². The van der Waals surface area contributed by atoms with Crippen molar-refractivity contribution in [2.75, 3.05) is 26.4 Å². The molecule has 3 saturated heterocycles. The summed E-state index contributed by atoms with van der Waals surface area (Å²) in [5, 5.41) is 116. The first-order valence-corrected chi connectivity index (χ1v) is 23.9. The Kier molecular flexibility index (Phi) is 13.7. The van der Waals surface area contributed by atoms with Gasteiger partial charge in [0, 0.05) is 5.41 Å². The maximum absolute atomic E-state index is 14.9. The smallest absolute Gasteiger partial charge is 0.315 e. The molecule has 0 spiro atoms. The van der Waals surface area contributed by atoms with Gasteiger partial charge in [-0.2, -0.15) is 0 Å². The van der Waals surface area contributed by atoms with Gasteiger partial charge in [0.2, 0.25) is 6.29 Å². The number of fused-ring (bicyclic) bond motifs is 7. The number of rotatable bonds is 9. The van der Waals surface area contributed by atoms with Crippen LogP contribution in [0.1, 0.15) is 106 Å². The first-order valence-electron chi connectivity index (χ1n) is 23.9. The maximum Gasteiger partial charge on any atom is 0.315 e. The molecular formula is C47H76O18. The van der Waals surface area contributed by atoms with Crippen LogP contribution in [0.15, 0.2) is 11.6 Å². The van der Waals surface area contributed by atoms with Crippen molar-refractivity contribution >= 4 is 5.97 Å². The molecule has 8 rings (SSSR count). The normalized spacial score (nSPS) is 54.3. The first kappa shape index (κ1) is 50.0. The third-order valence-corrected chi connectivity index (χ3v) is 19.0. The summed E-state index contributed by atoms with van der Waals surface area (Å²) in [6.07, 6.45) is -12.5. The van der Waals surface area contributed by atoms with Crippen molar-refractivity contribution in [2.24, 2.45) is 50.2 Å². The second kappa shape index (κ2) is 17.8. The number of aliphatic hydroxyl groups excluding tert-OH is 11. The number of hydrogen-bond donors (Lipinski definition) is 11. The molecule has 3 aliphatic heterocycles. The molecule has 0 amide bonds. The highest BCUT2D eigenvalue weighted by molar-refractivity contribution is 5.79. The van der Waals surface area contributed by atoms with E-state index in [-0.39, 0.29) is 52.6 Å². The molecule has 23 atom stereocenters. The van der Waals surface area contributed by atoms with Crippen LogP contribution < -0.4 is 0 Å². The second-order valence-electron chi connectivity index (χ2n) is 22.9. The van der Waals surface area contributed by atoms with Crippen molar-refractivity contribution in [2.45, 2.75) is 198 Å². The van der Waals surface area contributed by atoms with Gasteiger partial charge < -0.3 is 84.6 Å². The number of esters is 1. The van der Waals surface area contributed by atoms with Gasteiger partial charge in [-0.25, -0.2) is 0 Å². The summed E-state index contributed by atoms with van der Waals surface area (Å²) >= 11 is 0. The molecule has 5 aliphatic carbocycles. The van der Waals surface area contributed by atoms with Crippen LogP contribution >= 0.6 is 0 Å². The fourth-order valence-electron chi connectivity index (χ4n) is 14.7. The molecular weight excluding hydrogens is 852 g/mol. The van der Waals surface area contributed by atoms with E-state index in [1.54, 1.807) is 0 Å². The zero-order chi connectivity index (χ0) is 47.4. The van der Waals surface area contributed by atoms with Crippen LogP contribution in [0, 0.1) is 50.2 Å². The van der Waals surface area contributed by atoms with E-state index in [9.17, 15) is 61.0 Å². The molecule has 0 bridgehead atoms. The van der Waals surface area contributed by atoms with Gasteiger partial charge in [0.05, 0.1) is 37.9 Å². The van der Waals surface area contributed by atoms with Crippen molar-refractivity contribution < 1.29 is 89.4 Å². The summed E-state index contributed by atoms with van der Waals surface area (Å²) in [5.41, 5.74) is -1.23. The lowest BCUT2D eigenvalue weighted by molar-refractivity contribution is -0.328. The van der Waals surface area contributed by atoms with Gasteiger partial charge >= 0.3 is 5.97 Å². The highest BCUT2D eigenvalue weighted by Gasteiger charge is 2.70. The Bertz CT molecular complexity index is 1760. The van der Waals surface area contributed by atoms with E-state index >= 15 is 0 Å². The predicted octanol–water partition coefficient (Wildman–Crippen LogP) is -0.248. The molecule has 9 unspecified atom stereocenters. The average Bonchev–Trinajstić information content (AvgIpc) is 3.26. The zero-order valence-corrected chi connectivity index (χ0v) is 38.6. The molecule has 11 N–H and O–H groups in total. The zero-order valence-electron chi connectivity index (χ0n) is 38.6. The summed E-state index contributed by atoms with van der Waals surface area (Å²) in [6.45, 7) is 12.1. The highest BCUT2D eigenvalue weighted by atomic mass is 16.7. The Balaban J connectivity index is 1.02. The van der Waals surface area contributed by atoms with Crippen molar-refractivity contribution in [1.29, 1.82) is 0 Å². The molecule has 18 nitrogen and oxygen atoms in total. The number of carbonyl (C=O) groups excluding carboxylic acids is 1. The fourth-order valence-corrected chi connectivity index (χ4v) is 14.7. The van der Waals surface area contributed by atoms with E-state index in [0.717, 1.165) is 38.5 Å². The SMILES string of the molecule is CC1(C)CCC2(C(=O)O[C@@H]3O[C@H](CO[C@@H]4O[C@H](CO)[C@@H](O)[C@H](O)[C@H]4O)[C@@H](O)[C@H](O)[C@H]3O)CCC3(C)C(=CCC4C5(C)CCC(O[C@@H]6OC[C@@H](O)[C@H](O)[C@H]6O)C(C)(CO)C5CCC43C)C2C1. The van der Waals surface area contributed by atoms with Gasteiger partial charge in [-0.15, -0.1) is 0 Å². The van der Waals surface area contributed by atoms with Crippen molar-refractivity contribution in [1.82, 2.24) is 0 Å². The Labute approximate surface area is 380 Å². The molecule has 3 heterocycles. The van der Waals surface area contributed by atoms with Crippen LogP contribution in [0.25, 0.3) is 0 Å². The Morgan fingerprint density at radius 2 is 1.32 bits per heavy atom. The van der Waals surface area contributed by atoms with Crippen molar-refractivity contribution in [3.63, 3.8) is 0 Å². The third-order valence-electron chi connectivity index (χ3n) is 19.0. The molecule has 18 heteroatoms. The number of allylic oxidation sites excluding steroid dienone is 2. The lowest BCUT2D eigenvalue weighted by Crippen LogP contribution is -2.67. The lowest BCUT2D eigenvalue weighted by atomic mass is 9.33. The van der Waals surface area contributed by atoms with Crippen LogP contribution in [0.4, 0.5) is 0 Å². The van der Waals surface area contributed by atoms with Gasteiger partial charge in [-0.05, 0) is 104 Å². The topological polar surface area (TPSA) is 295 Å². The standard InChI is InChI=1S/C47H76O18/c1-42(2)13-15-47(41(59)65-40-37(58)34(55)32(53)26(63-40)20-61-38-36(57)33(54)31(52)25(18-48)62-38)16-14-45(5)22(23(47)17-42)7-8-28-43(3)11-10-29(64-39-35(56)30(51)24(50)19-60-39)44(4,21-49)27(43)9-12-46(28,45)6/h7,23-40,48-58H,8-21H2,1-6H3/t23?,24-,25-,26-,27?,28?,29?,30+,31-,32-,33+,34+,35-,36-,37-,38-,39+,40+,43?,44?,45?,46?,47?/m1/s1. The minimum atomic E-state index is -1.81. The fraction of sp³-hybridized carbons (Fsp3) is 0.936. The predicted molar refractivity (Wildman–Crippen MR) is 226 cm³/mol. The lowest BCUT2D eigenvalue weighted by Gasteiger charge is -2.71. The number of carbonyl (C=O) groups is 1. The molecule has 7 fully saturated rings. The van der Waals surface area contributed by atoms with Gasteiger partial charge in [-0.1, -0.05) is 53.2 Å². The van der Waals surface area contributed by atoms with Crippen LogP contribution in [0.3, 0.4) is 0 Å². The maximum atomic E-state index is 14.9. The summed E-state index contributed by atoms with van der Waals surface area (Å²) < 4.78 is 35.2. The third kappa shape index (κ3) is 7.89. The van der Waals surface area contributed by atoms with E-state index in [4.69, 9.17) is 28.4 Å². The van der Waals surface area contributed by atoms with Crippen molar-refractivity contribution in [3.8, 4) is 0 Å². The average molecular weight is 929 g/mol. The highest BCUT2D eigenvalue weighted by Crippen LogP contribution is 2.76. The van der Waals surface area contributed by atoms with E-state index in [0.29, 0.717) is 25.7 Å². The van der Waals surface area contributed by atoms with Crippen LogP contribution in [-0.2, 0) is 33.2 Å². The second-order valence-corrected chi connectivity index (χ2v) is 22.9. The molecule has 65 heavy (non-hydrogen) atoms. The Hall–Kier alpha value is -1.43. The van der Waals surface area contributed by atoms with Gasteiger partial charge in [-0.3, -0.25) is 4.79 Å². The first-order chi connectivity index (χ1) is 30.4. The molecule has 0 aromatic rings. The largest absolute Gasteiger partial charge is 0.432 e. The summed E-state index contributed by atoms with van der Waals surface area (Å²) in [4.78, 5) is 14.9. The van der Waals surface area contributed by atoms with Crippen LogP contribution in [0.5, 0.6) is 0 Å². The minimum Gasteiger partial charge on any atom is -0.432 e. The van der Waals surface area contributed by atoms with E-state index < -0.39 is 122 Å². The van der Waals surface area contributed by atoms with Gasteiger partial charge in [0.25, 0.3) is 0 Å². The Morgan fingerprint density at radius 3 is 2.00 bits per heavy atom. The summed E-state index contributed by atoms with van der Waals surface area (Å²) in [5.74, 6) is -0.485. The quantitative estimate of drug-likeness (QED) is 0.0808. The Morgan fingerprint density at radius 1 is 0.692 bits per heavy atom.